The molecular formula is C10H13N3O2. The van der Waals surface area contributed by atoms with E-state index < -0.39 is 0 Å². The first-order valence-electron chi connectivity index (χ1n) is 4.81. The fourth-order valence-electron chi connectivity index (χ4n) is 1.35. The van der Waals surface area contributed by atoms with Crippen molar-refractivity contribution in [2.45, 2.75) is 0 Å². The summed E-state index contributed by atoms with van der Waals surface area (Å²) >= 11 is 0. The predicted octanol–water partition coefficient (Wildman–Crippen LogP) is 0.248. The first kappa shape index (κ1) is 9.92. The summed E-state index contributed by atoms with van der Waals surface area (Å²) in [5, 5.41) is 5.87. The van der Waals surface area contributed by atoms with Crippen LogP contribution in [0, 0.1) is 5.92 Å². The minimum Gasteiger partial charge on any atom is -0.493 e. The molecule has 0 aliphatic carbocycles. The molecule has 0 atom stereocenters. The largest absolute Gasteiger partial charge is 0.493 e. The summed E-state index contributed by atoms with van der Waals surface area (Å²) in [5.41, 5.74) is 0.671. The van der Waals surface area contributed by atoms with Gasteiger partial charge in [-0.1, -0.05) is 0 Å². The normalized spacial score (nSPS) is 15.5. The lowest BCUT2D eigenvalue weighted by molar-refractivity contribution is -0.121. The van der Waals surface area contributed by atoms with Gasteiger partial charge in [0.1, 0.15) is 0 Å². The molecule has 1 aliphatic rings. The highest BCUT2D eigenvalue weighted by molar-refractivity contribution is 5.94. The minimum atomic E-state index is 0.0262. The summed E-state index contributed by atoms with van der Waals surface area (Å²) in [6.07, 6.45) is 3.20. The van der Waals surface area contributed by atoms with E-state index in [1.165, 1.54) is 0 Å². The molecule has 1 fully saturated rings. The van der Waals surface area contributed by atoms with Gasteiger partial charge in [-0.2, -0.15) is 0 Å². The lowest BCUT2D eigenvalue weighted by atomic mass is 10.0. The molecule has 1 aliphatic heterocycles. The van der Waals surface area contributed by atoms with E-state index in [1.54, 1.807) is 25.6 Å². The Labute approximate surface area is 87.8 Å². The van der Waals surface area contributed by atoms with Crippen molar-refractivity contribution in [2.24, 2.45) is 5.92 Å². The maximum atomic E-state index is 11.6. The van der Waals surface area contributed by atoms with Crippen LogP contribution in [0.1, 0.15) is 0 Å². The average Bonchev–Trinajstić information content (AvgIpc) is 2.15. The molecule has 2 rings (SSSR count). The Bertz CT molecular complexity index is 363. The molecule has 0 radical (unpaired) electrons. The topological polar surface area (TPSA) is 63.2 Å². The van der Waals surface area contributed by atoms with Crippen LogP contribution in [0.3, 0.4) is 0 Å². The Morgan fingerprint density at radius 3 is 3.07 bits per heavy atom. The van der Waals surface area contributed by atoms with Gasteiger partial charge in [-0.25, -0.2) is 0 Å². The monoisotopic (exact) mass is 207 g/mol. The molecule has 2 N–H and O–H groups in total. The molecule has 1 aromatic rings. The van der Waals surface area contributed by atoms with Crippen LogP contribution in [0.25, 0.3) is 0 Å². The van der Waals surface area contributed by atoms with Gasteiger partial charge in [0.05, 0.1) is 24.9 Å². The van der Waals surface area contributed by atoms with Crippen LogP contribution in [-0.2, 0) is 4.79 Å². The Morgan fingerprint density at radius 1 is 1.67 bits per heavy atom. The second-order valence-electron chi connectivity index (χ2n) is 3.42. The maximum absolute atomic E-state index is 11.6. The number of aromatic nitrogens is 1. The van der Waals surface area contributed by atoms with Gasteiger partial charge in [-0.05, 0) is 6.07 Å². The first-order chi connectivity index (χ1) is 7.31. The molecule has 0 unspecified atom stereocenters. The van der Waals surface area contributed by atoms with Gasteiger partial charge in [-0.3, -0.25) is 9.78 Å². The van der Waals surface area contributed by atoms with Crippen molar-refractivity contribution in [2.75, 3.05) is 25.5 Å². The molecule has 5 heteroatoms. The molecule has 0 spiro atoms. The molecule has 0 aromatic carbocycles. The number of methoxy groups -OCH3 is 1. The van der Waals surface area contributed by atoms with E-state index in [0.717, 1.165) is 13.1 Å². The van der Waals surface area contributed by atoms with Crippen molar-refractivity contribution in [3.05, 3.63) is 18.5 Å². The quantitative estimate of drug-likeness (QED) is 0.745. The number of carbonyl (C=O) groups excluding carboxylic acids is 1. The van der Waals surface area contributed by atoms with E-state index in [9.17, 15) is 4.79 Å². The number of amides is 1. The number of ether oxygens (including phenoxy) is 1. The van der Waals surface area contributed by atoms with E-state index in [4.69, 9.17) is 4.74 Å². The molecular weight excluding hydrogens is 194 g/mol. The molecule has 2 heterocycles. The van der Waals surface area contributed by atoms with Gasteiger partial charge in [-0.15, -0.1) is 0 Å². The Morgan fingerprint density at radius 2 is 2.47 bits per heavy atom. The van der Waals surface area contributed by atoms with Gasteiger partial charge in [0.25, 0.3) is 0 Å². The summed E-state index contributed by atoms with van der Waals surface area (Å²) in [5.74, 6) is 0.680. The number of pyridine rings is 1. The van der Waals surface area contributed by atoms with E-state index in [-0.39, 0.29) is 11.8 Å². The fraction of sp³-hybridized carbons (Fsp3) is 0.400. The van der Waals surface area contributed by atoms with Crippen molar-refractivity contribution in [3.63, 3.8) is 0 Å². The third-order valence-electron chi connectivity index (χ3n) is 2.41. The molecule has 0 bridgehead atoms. The van der Waals surface area contributed by atoms with Crippen LogP contribution in [0.15, 0.2) is 18.5 Å². The predicted molar refractivity (Wildman–Crippen MR) is 55.8 cm³/mol. The average molecular weight is 207 g/mol. The van der Waals surface area contributed by atoms with Gasteiger partial charge in [0.2, 0.25) is 5.91 Å². The van der Waals surface area contributed by atoms with Crippen molar-refractivity contribution < 1.29 is 9.53 Å². The molecule has 1 amide bonds. The summed E-state index contributed by atoms with van der Waals surface area (Å²) in [6.45, 7) is 1.50. The van der Waals surface area contributed by atoms with E-state index >= 15 is 0 Å². The van der Waals surface area contributed by atoms with Crippen LogP contribution in [-0.4, -0.2) is 31.1 Å². The Balaban J connectivity index is 2.05. The smallest absolute Gasteiger partial charge is 0.230 e. The highest BCUT2D eigenvalue weighted by atomic mass is 16.5. The highest BCUT2D eigenvalue weighted by Gasteiger charge is 2.25. The minimum absolute atomic E-state index is 0.0262. The standard InChI is InChI=1S/C10H13N3O2/c1-15-9-6-11-3-2-8(9)13-10(14)7-4-12-5-7/h2-3,6-7,12H,4-5H2,1H3,(H,11,13,14). The molecule has 1 aromatic heterocycles. The second-order valence-corrected chi connectivity index (χ2v) is 3.42. The zero-order valence-electron chi connectivity index (χ0n) is 8.49. The zero-order chi connectivity index (χ0) is 10.7. The number of rotatable bonds is 3. The third kappa shape index (κ3) is 2.07. The summed E-state index contributed by atoms with van der Waals surface area (Å²) in [4.78, 5) is 15.5. The van der Waals surface area contributed by atoms with Crippen LogP contribution < -0.4 is 15.4 Å². The van der Waals surface area contributed by atoms with Gasteiger partial charge >= 0.3 is 0 Å². The zero-order valence-corrected chi connectivity index (χ0v) is 8.49. The number of nitrogens with zero attached hydrogens (tertiary/aromatic N) is 1. The van der Waals surface area contributed by atoms with Crippen molar-refractivity contribution in [1.29, 1.82) is 0 Å². The number of hydrogen-bond donors (Lipinski definition) is 2. The first-order valence-corrected chi connectivity index (χ1v) is 4.81. The van der Waals surface area contributed by atoms with Gasteiger partial charge in [0.15, 0.2) is 5.75 Å². The number of hydrogen-bond acceptors (Lipinski definition) is 4. The van der Waals surface area contributed by atoms with Crippen molar-refractivity contribution >= 4 is 11.6 Å². The molecule has 80 valence electrons. The van der Waals surface area contributed by atoms with E-state index in [2.05, 4.69) is 15.6 Å². The van der Waals surface area contributed by atoms with Gasteiger partial charge < -0.3 is 15.4 Å². The van der Waals surface area contributed by atoms with Crippen molar-refractivity contribution in [1.82, 2.24) is 10.3 Å². The number of carbonyl (C=O) groups is 1. The third-order valence-corrected chi connectivity index (χ3v) is 2.41. The van der Waals surface area contributed by atoms with E-state index in [1.807, 2.05) is 0 Å². The molecule has 15 heavy (non-hydrogen) atoms. The Kier molecular flexibility index (Phi) is 2.82. The Hall–Kier alpha value is -1.62. The molecule has 5 nitrogen and oxygen atoms in total. The van der Waals surface area contributed by atoms with Crippen LogP contribution >= 0.6 is 0 Å². The number of nitrogens with one attached hydrogen (secondary N) is 2. The van der Waals surface area contributed by atoms with Gasteiger partial charge in [0, 0.05) is 19.3 Å². The SMILES string of the molecule is COc1cnccc1NC(=O)C1CNC1. The maximum Gasteiger partial charge on any atom is 0.230 e. The summed E-state index contributed by atoms with van der Waals surface area (Å²) in [7, 11) is 1.55. The second kappa shape index (κ2) is 4.27. The van der Waals surface area contributed by atoms with Crippen LogP contribution in [0.5, 0.6) is 5.75 Å². The van der Waals surface area contributed by atoms with E-state index in [0.29, 0.717) is 11.4 Å². The fourth-order valence-corrected chi connectivity index (χ4v) is 1.35. The number of anilines is 1. The lowest BCUT2D eigenvalue weighted by Crippen LogP contribution is -2.48. The highest BCUT2D eigenvalue weighted by Crippen LogP contribution is 2.22. The summed E-state index contributed by atoms with van der Waals surface area (Å²) in [6, 6.07) is 1.73. The lowest BCUT2D eigenvalue weighted by Gasteiger charge is -2.26. The summed E-state index contributed by atoms with van der Waals surface area (Å²) < 4.78 is 5.08. The van der Waals surface area contributed by atoms with Crippen LogP contribution in [0.4, 0.5) is 5.69 Å². The van der Waals surface area contributed by atoms with Crippen molar-refractivity contribution in [3.8, 4) is 5.75 Å². The molecule has 0 saturated carbocycles. The molecule has 1 saturated heterocycles. The van der Waals surface area contributed by atoms with Crippen LogP contribution in [0.2, 0.25) is 0 Å².